The van der Waals surface area contributed by atoms with E-state index in [0.29, 0.717) is 29.9 Å². The summed E-state index contributed by atoms with van der Waals surface area (Å²) in [4.78, 5) is 15.6. The first kappa shape index (κ1) is 28.4. The van der Waals surface area contributed by atoms with Crippen LogP contribution in [0.5, 0.6) is 5.75 Å². The van der Waals surface area contributed by atoms with Gasteiger partial charge < -0.3 is 14.4 Å². The molecule has 5 unspecified atom stereocenters. The normalized spacial score (nSPS) is 28.4. The standard InChI is InChI=1S/C32H41ClN2O3S/c1-4-6-22-15-26(33)11-13-27(22)25-18-35-17-24-9-12-28(24)30(37-3)8-5-7-21(2)20-39-34-32(36)23-10-14-31(38-19-25)29(35)16-23/h5,8,10-11,13-16,21,24-25,28,30H,4,6-7,9,12,17-20H2,1-3H3,(H,34,36)/b8-5+. The zero-order valence-electron chi connectivity index (χ0n) is 23.3. The summed E-state index contributed by atoms with van der Waals surface area (Å²) in [6, 6.07) is 12.2. The lowest BCUT2D eigenvalue weighted by Crippen LogP contribution is -2.44. The highest BCUT2D eigenvalue weighted by Crippen LogP contribution is 2.43. The average molecular weight is 569 g/mol. The number of allylic oxidation sites excluding steroid dienone is 1. The number of amides is 1. The lowest BCUT2D eigenvalue weighted by Gasteiger charge is -2.43. The molecule has 2 heterocycles. The van der Waals surface area contributed by atoms with Crippen molar-refractivity contribution < 1.29 is 14.3 Å². The molecule has 2 bridgehead atoms. The number of halogens is 1. The summed E-state index contributed by atoms with van der Waals surface area (Å²) in [6.45, 7) is 6.77. The summed E-state index contributed by atoms with van der Waals surface area (Å²) in [5.74, 6) is 3.34. The number of methoxy groups -OCH3 is 1. The minimum Gasteiger partial charge on any atom is -0.491 e. The number of hydrogen-bond donors (Lipinski definition) is 1. The summed E-state index contributed by atoms with van der Waals surface area (Å²) in [6.07, 6.45) is 10.1. The van der Waals surface area contributed by atoms with Crippen LogP contribution >= 0.6 is 23.5 Å². The Morgan fingerprint density at radius 3 is 2.82 bits per heavy atom. The number of nitrogens with zero attached hydrogens (tertiary/aromatic N) is 1. The molecule has 5 rings (SSSR count). The Kier molecular flexibility index (Phi) is 9.47. The molecule has 210 valence electrons. The van der Waals surface area contributed by atoms with Gasteiger partial charge in [0, 0.05) is 42.5 Å². The largest absolute Gasteiger partial charge is 0.491 e. The Labute approximate surface area is 242 Å². The number of anilines is 1. The molecule has 2 aliphatic heterocycles. The van der Waals surface area contributed by atoms with Gasteiger partial charge >= 0.3 is 0 Å². The number of carbonyl (C=O) groups excluding carboxylic acids is 1. The summed E-state index contributed by atoms with van der Waals surface area (Å²) in [5, 5.41) is 0.781. The van der Waals surface area contributed by atoms with Crippen LogP contribution in [0, 0.1) is 17.8 Å². The first-order valence-electron chi connectivity index (χ1n) is 14.4. The molecule has 1 fully saturated rings. The SMILES string of the molecule is CCCc1cc(Cl)ccc1C1COc2ccc3cc2N(C1)CC1CCC1C(OC)/C=C/CC(C)CSNC3=O. The Bertz CT molecular complexity index is 1190. The molecule has 1 aliphatic carbocycles. The third-order valence-corrected chi connectivity index (χ3v) is 9.83. The molecule has 39 heavy (non-hydrogen) atoms. The van der Waals surface area contributed by atoms with Crippen LogP contribution in [-0.4, -0.2) is 44.6 Å². The van der Waals surface area contributed by atoms with E-state index in [-0.39, 0.29) is 17.9 Å². The first-order valence-corrected chi connectivity index (χ1v) is 15.7. The minimum absolute atomic E-state index is 0.0534. The van der Waals surface area contributed by atoms with Crippen molar-refractivity contribution in [3.63, 3.8) is 0 Å². The molecule has 2 aromatic rings. The lowest BCUT2D eigenvalue weighted by atomic mass is 9.70. The molecular weight excluding hydrogens is 528 g/mol. The zero-order chi connectivity index (χ0) is 27.4. The van der Waals surface area contributed by atoms with E-state index in [1.165, 1.54) is 35.9 Å². The van der Waals surface area contributed by atoms with Crippen molar-refractivity contribution in [3.05, 3.63) is 70.3 Å². The zero-order valence-corrected chi connectivity index (χ0v) is 24.9. The quantitative estimate of drug-likeness (QED) is 0.310. The topological polar surface area (TPSA) is 50.8 Å². The maximum Gasteiger partial charge on any atom is 0.261 e. The van der Waals surface area contributed by atoms with Gasteiger partial charge in [-0.05, 0) is 96.8 Å². The summed E-state index contributed by atoms with van der Waals surface area (Å²) >= 11 is 7.89. The van der Waals surface area contributed by atoms with Crippen LogP contribution in [0.2, 0.25) is 5.02 Å². The number of benzene rings is 2. The number of fused-ring (bicyclic) bond motifs is 2. The fraction of sp³-hybridized carbons (Fsp3) is 0.531. The first-order chi connectivity index (χ1) is 19.0. The van der Waals surface area contributed by atoms with Crippen molar-refractivity contribution in [1.82, 2.24) is 4.72 Å². The van der Waals surface area contributed by atoms with Crippen molar-refractivity contribution in [2.75, 3.05) is 37.5 Å². The second-order valence-corrected chi connectivity index (χ2v) is 12.7. The Morgan fingerprint density at radius 2 is 2.05 bits per heavy atom. The van der Waals surface area contributed by atoms with Crippen LogP contribution in [-0.2, 0) is 11.2 Å². The third-order valence-electron chi connectivity index (χ3n) is 8.53. The molecule has 2 aromatic carbocycles. The Balaban J connectivity index is 1.50. The van der Waals surface area contributed by atoms with Crippen molar-refractivity contribution in [1.29, 1.82) is 0 Å². The van der Waals surface area contributed by atoms with Crippen LogP contribution in [0.4, 0.5) is 5.69 Å². The summed E-state index contributed by atoms with van der Waals surface area (Å²) in [5.41, 5.74) is 4.30. The molecule has 3 aliphatic rings. The molecular formula is C32H41ClN2O3S. The van der Waals surface area contributed by atoms with E-state index in [1.54, 1.807) is 0 Å². The molecule has 1 amide bonds. The predicted molar refractivity (Wildman–Crippen MR) is 162 cm³/mol. The van der Waals surface area contributed by atoms with Crippen molar-refractivity contribution in [2.45, 2.75) is 58.0 Å². The molecule has 5 nitrogen and oxygen atoms in total. The van der Waals surface area contributed by atoms with E-state index in [2.05, 4.69) is 47.8 Å². The number of hydrogen-bond acceptors (Lipinski definition) is 5. The van der Waals surface area contributed by atoms with E-state index >= 15 is 0 Å². The van der Waals surface area contributed by atoms with Gasteiger partial charge in [-0.15, -0.1) is 0 Å². The van der Waals surface area contributed by atoms with Gasteiger partial charge in [-0.2, -0.15) is 0 Å². The number of ether oxygens (including phenoxy) is 2. The van der Waals surface area contributed by atoms with Gasteiger partial charge in [0.25, 0.3) is 5.91 Å². The number of nitrogens with one attached hydrogen (secondary N) is 1. The summed E-state index contributed by atoms with van der Waals surface area (Å²) < 4.78 is 15.5. The van der Waals surface area contributed by atoms with E-state index in [9.17, 15) is 4.79 Å². The maximum absolute atomic E-state index is 13.1. The molecule has 7 heteroatoms. The van der Waals surface area contributed by atoms with Crippen LogP contribution in [0.15, 0.2) is 48.6 Å². The van der Waals surface area contributed by atoms with E-state index in [1.807, 2.05) is 31.4 Å². The predicted octanol–water partition coefficient (Wildman–Crippen LogP) is 7.29. The second-order valence-electron chi connectivity index (χ2n) is 11.4. The fourth-order valence-corrected chi connectivity index (χ4v) is 7.16. The Morgan fingerprint density at radius 1 is 1.18 bits per heavy atom. The van der Waals surface area contributed by atoms with Crippen molar-refractivity contribution >= 4 is 35.1 Å². The molecule has 0 radical (unpaired) electrons. The molecule has 0 saturated heterocycles. The van der Waals surface area contributed by atoms with E-state index < -0.39 is 0 Å². The number of aryl methyl sites for hydroxylation is 1. The maximum atomic E-state index is 13.1. The monoisotopic (exact) mass is 568 g/mol. The van der Waals surface area contributed by atoms with Gasteiger partial charge in [0.05, 0.1) is 18.4 Å². The highest BCUT2D eigenvalue weighted by molar-refractivity contribution is 7.97. The Hall–Kier alpha value is -2.15. The van der Waals surface area contributed by atoms with Crippen LogP contribution in [0.1, 0.15) is 66.9 Å². The minimum atomic E-state index is -0.0534. The van der Waals surface area contributed by atoms with Gasteiger partial charge in [-0.25, -0.2) is 0 Å². The van der Waals surface area contributed by atoms with E-state index in [4.69, 9.17) is 21.1 Å². The van der Waals surface area contributed by atoms with Gasteiger partial charge in [-0.1, -0.05) is 50.1 Å². The molecule has 1 N–H and O–H groups in total. The second kappa shape index (κ2) is 13.0. The van der Waals surface area contributed by atoms with Crippen molar-refractivity contribution in [2.24, 2.45) is 17.8 Å². The smallest absolute Gasteiger partial charge is 0.261 e. The lowest BCUT2D eigenvalue weighted by molar-refractivity contribution is 0.0134. The van der Waals surface area contributed by atoms with Crippen LogP contribution in [0.3, 0.4) is 0 Å². The molecule has 1 saturated carbocycles. The fourth-order valence-electron chi connectivity index (χ4n) is 6.21. The number of rotatable bonds is 4. The number of carbonyl (C=O) groups is 1. The van der Waals surface area contributed by atoms with Crippen molar-refractivity contribution in [3.8, 4) is 5.75 Å². The average Bonchev–Trinajstić information content (AvgIpc) is 3.09. The highest BCUT2D eigenvalue weighted by atomic mass is 35.5. The van der Waals surface area contributed by atoms with Gasteiger partial charge in [0.15, 0.2) is 0 Å². The van der Waals surface area contributed by atoms with Gasteiger partial charge in [-0.3, -0.25) is 9.52 Å². The van der Waals surface area contributed by atoms with Crippen LogP contribution in [0.25, 0.3) is 0 Å². The van der Waals surface area contributed by atoms with E-state index in [0.717, 1.165) is 54.6 Å². The summed E-state index contributed by atoms with van der Waals surface area (Å²) in [7, 11) is 1.84. The van der Waals surface area contributed by atoms with Gasteiger partial charge in [0.1, 0.15) is 5.75 Å². The molecule has 0 spiro atoms. The van der Waals surface area contributed by atoms with Gasteiger partial charge in [0.2, 0.25) is 0 Å². The molecule has 5 atom stereocenters. The third kappa shape index (κ3) is 6.61. The molecule has 0 aromatic heterocycles. The highest BCUT2D eigenvalue weighted by Gasteiger charge is 2.38. The van der Waals surface area contributed by atoms with Crippen LogP contribution < -0.4 is 14.4 Å².